The molecule has 2 fully saturated rings. The second-order valence-corrected chi connectivity index (χ2v) is 7.95. The second-order valence-electron chi connectivity index (χ2n) is 7.95. The molecule has 1 aromatic heterocycles. The summed E-state index contributed by atoms with van der Waals surface area (Å²) in [7, 11) is 0. The van der Waals surface area contributed by atoms with E-state index in [2.05, 4.69) is 22.5 Å². The third-order valence-corrected chi connectivity index (χ3v) is 6.24. The number of para-hydroxylation sites is 1. The van der Waals surface area contributed by atoms with E-state index in [9.17, 15) is 14.4 Å². The second kappa shape index (κ2) is 6.26. The highest BCUT2D eigenvalue weighted by Crippen LogP contribution is 2.52. The SMILES string of the molecule is Cc1cc(NC(=O)CCN2C(=O)[C@@H]3[C@@H](C2=O)[C@H]2C=C[C@H]3C2)c2ccccc2n1. The van der Waals surface area contributed by atoms with E-state index < -0.39 is 0 Å². The van der Waals surface area contributed by atoms with Crippen LogP contribution in [0.2, 0.25) is 0 Å². The maximum atomic E-state index is 12.7. The van der Waals surface area contributed by atoms with Crippen LogP contribution in [0.5, 0.6) is 0 Å². The highest BCUT2D eigenvalue weighted by atomic mass is 16.2. The number of hydrogen-bond donors (Lipinski definition) is 1. The smallest absolute Gasteiger partial charge is 0.233 e. The number of imide groups is 1. The van der Waals surface area contributed by atoms with Gasteiger partial charge in [0.25, 0.3) is 0 Å². The minimum atomic E-state index is -0.213. The summed E-state index contributed by atoms with van der Waals surface area (Å²) in [5.74, 6) is -0.466. The lowest BCUT2D eigenvalue weighted by molar-refractivity contribution is -0.140. The van der Waals surface area contributed by atoms with E-state index in [1.165, 1.54) is 4.90 Å². The van der Waals surface area contributed by atoms with E-state index in [4.69, 9.17) is 0 Å². The Balaban J connectivity index is 1.28. The molecule has 28 heavy (non-hydrogen) atoms. The average Bonchev–Trinajstić information content (AvgIpc) is 3.34. The maximum Gasteiger partial charge on any atom is 0.233 e. The van der Waals surface area contributed by atoms with E-state index in [1.807, 2.05) is 37.3 Å². The molecule has 5 rings (SSSR count). The van der Waals surface area contributed by atoms with Crippen molar-refractivity contribution in [3.63, 3.8) is 0 Å². The number of aryl methyl sites for hydroxylation is 1. The van der Waals surface area contributed by atoms with Gasteiger partial charge >= 0.3 is 0 Å². The molecule has 2 aliphatic carbocycles. The fourth-order valence-corrected chi connectivity index (χ4v) is 5.02. The van der Waals surface area contributed by atoms with Gasteiger partial charge in [0.2, 0.25) is 17.7 Å². The molecule has 4 atom stereocenters. The number of aromatic nitrogens is 1. The minimum absolute atomic E-state index is 0.0926. The molecule has 6 heteroatoms. The number of anilines is 1. The minimum Gasteiger partial charge on any atom is -0.325 e. The quantitative estimate of drug-likeness (QED) is 0.658. The largest absolute Gasteiger partial charge is 0.325 e. The first-order chi connectivity index (χ1) is 13.5. The zero-order valence-corrected chi connectivity index (χ0v) is 15.6. The van der Waals surface area contributed by atoms with Crippen molar-refractivity contribution in [3.05, 3.63) is 48.2 Å². The highest BCUT2D eigenvalue weighted by molar-refractivity contribution is 6.07. The predicted octanol–water partition coefficient (Wildman–Crippen LogP) is 2.68. The van der Waals surface area contributed by atoms with Crippen LogP contribution >= 0.6 is 0 Å². The van der Waals surface area contributed by atoms with Crippen molar-refractivity contribution in [2.45, 2.75) is 19.8 Å². The standard InChI is InChI=1S/C22H21N3O3/c1-12-10-17(15-4-2-3-5-16(15)23-12)24-18(26)8-9-25-21(27)19-13-6-7-14(11-13)20(19)22(25)28/h2-7,10,13-14,19-20H,8-9,11H2,1H3,(H,23,24,26)/t13-,14-,19-,20-/m0/s1. The number of amides is 3. The number of allylic oxidation sites excluding steroid dienone is 2. The van der Waals surface area contributed by atoms with Gasteiger partial charge in [-0.05, 0) is 37.3 Å². The van der Waals surface area contributed by atoms with Crippen molar-refractivity contribution < 1.29 is 14.4 Å². The number of fused-ring (bicyclic) bond motifs is 6. The summed E-state index contributed by atoms with van der Waals surface area (Å²) < 4.78 is 0. The summed E-state index contributed by atoms with van der Waals surface area (Å²) >= 11 is 0. The van der Waals surface area contributed by atoms with Crippen molar-refractivity contribution >= 4 is 34.3 Å². The number of rotatable bonds is 4. The lowest BCUT2D eigenvalue weighted by atomic mass is 9.85. The van der Waals surface area contributed by atoms with Gasteiger partial charge in [-0.25, -0.2) is 0 Å². The van der Waals surface area contributed by atoms with Crippen molar-refractivity contribution in [2.75, 3.05) is 11.9 Å². The van der Waals surface area contributed by atoms with Gasteiger partial charge in [0, 0.05) is 24.0 Å². The number of hydrogen-bond acceptors (Lipinski definition) is 4. The number of carbonyl (C=O) groups is 3. The van der Waals surface area contributed by atoms with Crippen molar-refractivity contribution in [1.82, 2.24) is 9.88 Å². The molecule has 3 aliphatic rings. The zero-order chi connectivity index (χ0) is 19.4. The van der Waals surface area contributed by atoms with Crippen LogP contribution in [0.4, 0.5) is 5.69 Å². The molecule has 2 bridgehead atoms. The van der Waals surface area contributed by atoms with Crippen LogP contribution in [0.15, 0.2) is 42.5 Å². The monoisotopic (exact) mass is 375 g/mol. The summed E-state index contributed by atoms with van der Waals surface area (Å²) in [6.45, 7) is 2.02. The van der Waals surface area contributed by atoms with Crippen LogP contribution in [0.25, 0.3) is 10.9 Å². The Labute approximate surface area is 162 Å². The Morgan fingerprint density at radius 2 is 1.82 bits per heavy atom. The van der Waals surface area contributed by atoms with E-state index in [0.29, 0.717) is 5.69 Å². The van der Waals surface area contributed by atoms with E-state index in [-0.39, 0.29) is 54.4 Å². The number of nitrogens with zero attached hydrogens (tertiary/aromatic N) is 2. The molecular formula is C22H21N3O3. The first-order valence-corrected chi connectivity index (χ1v) is 9.73. The van der Waals surface area contributed by atoms with Gasteiger partial charge in [0.1, 0.15) is 0 Å². The van der Waals surface area contributed by atoms with Gasteiger partial charge < -0.3 is 5.32 Å². The fourth-order valence-electron chi connectivity index (χ4n) is 5.02. The van der Waals surface area contributed by atoms with Crippen LogP contribution < -0.4 is 5.32 Å². The summed E-state index contributed by atoms with van der Waals surface area (Å²) in [4.78, 5) is 43.7. The van der Waals surface area contributed by atoms with E-state index >= 15 is 0 Å². The van der Waals surface area contributed by atoms with Crippen LogP contribution in [-0.4, -0.2) is 34.2 Å². The van der Waals surface area contributed by atoms with Gasteiger partial charge in [-0.3, -0.25) is 24.3 Å². The van der Waals surface area contributed by atoms with E-state index in [1.54, 1.807) is 0 Å². The number of benzene rings is 1. The molecule has 6 nitrogen and oxygen atoms in total. The summed E-state index contributed by atoms with van der Waals surface area (Å²) in [6.07, 6.45) is 5.15. The number of likely N-dealkylation sites (tertiary alicyclic amines) is 1. The van der Waals surface area contributed by atoms with Crippen molar-refractivity contribution in [3.8, 4) is 0 Å². The molecule has 2 aromatic rings. The molecule has 1 N–H and O–H groups in total. The van der Waals surface area contributed by atoms with Gasteiger partial charge in [-0.1, -0.05) is 30.4 Å². The van der Waals surface area contributed by atoms with E-state index in [0.717, 1.165) is 23.0 Å². The molecule has 0 unspecified atom stereocenters. The Morgan fingerprint density at radius 3 is 2.54 bits per heavy atom. The molecule has 2 heterocycles. The topological polar surface area (TPSA) is 79.4 Å². The Kier molecular flexibility index (Phi) is 3.82. The average molecular weight is 375 g/mol. The molecule has 1 saturated heterocycles. The van der Waals surface area contributed by atoms with Crippen molar-refractivity contribution in [2.24, 2.45) is 23.7 Å². The van der Waals surface area contributed by atoms with Crippen LogP contribution in [-0.2, 0) is 14.4 Å². The molecule has 142 valence electrons. The molecule has 1 aliphatic heterocycles. The normalized spacial score (nSPS) is 27.7. The van der Waals surface area contributed by atoms with Crippen molar-refractivity contribution in [1.29, 1.82) is 0 Å². The molecule has 0 radical (unpaired) electrons. The first-order valence-electron chi connectivity index (χ1n) is 9.73. The van der Waals surface area contributed by atoms with Gasteiger partial charge in [-0.15, -0.1) is 0 Å². The Hall–Kier alpha value is -3.02. The lowest BCUT2D eigenvalue weighted by Crippen LogP contribution is -2.35. The number of pyridine rings is 1. The zero-order valence-electron chi connectivity index (χ0n) is 15.6. The van der Waals surface area contributed by atoms with Crippen LogP contribution in [0.3, 0.4) is 0 Å². The summed E-state index contributed by atoms with van der Waals surface area (Å²) in [6, 6.07) is 9.46. The highest BCUT2D eigenvalue weighted by Gasteiger charge is 2.58. The van der Waals surface area contributed by atoms with Gasteiger partial charge in [0.15, 0.2) is 0 Å². The lowest BCUT2D eigenvalue weighted by Gasteiger charge is -2.17. The number of nitrogens with one attached hydrogen (secondary N) is 1. The molecule has 0 spiro atoms. The van der Waals surface area contributed by atoms with Crippen LogP contribution in [0.1, 0.15) is 18.5 Å². The summed E-state index contributed by atoms with van der Waals surface area (Å²) in [5.41, 5.74) is 2.33. The first kappa shape index (κ1) is 17.1. The van der Waals surface area contributed by atoms with Gasteiger partial charge in [0.05, 0.1) is 23.0 Å². The predicted molar refractivity (Wildman–Crippen MR) is 104 cm³/mol. The molecule has 1 saturated carbocycles. The molecule has 3 amide bonds. The number of carbonyl (C=O) groups excluding carboxylic acids is 3. The summed E-state index contributed by atoms with van der Waals surface area (Å²) in [5, 5.41) is 3.79. The maximum absolute atomic E-state index is 12.7. The third-order valence-electron chi connectivity index (χ3n) is 6.24. The fraction of sp³-hybridized carbons (Fsp3) is 0.364. The van der Waals surface area contributed by atoms with Crippen LogP contribution in [0, 0.1) is 30.6 Å². The van der Waals surface area contributed by atoms with Gasteiger partial charge in [-0.2, -0.15) is 0 Å². The Bertz CT molecular complexity index is 1010. The third kappa shape index (κ3) is 2.55. The molecule has 1 aromatic carbocycles. The molecular weight excluding hydrogens is 354 g/mol. The Morgan fingerprint density at radius 1 is 1.14 bits per heavy atom.